The molecule has 1 fully saturated rings. The molecule has 27 heavy (non-hydrogen) atoms. The second-order valence-corrected chi connectivity index (χ2v) is 8.47. The van der Waals surface area contributed by atoms with Crippen LogP contribution in [0.2, 0.25) is 0 Å². The maximum absolute atomic E-state index is 12.5. The van der Waals surface area contributed by atoms with E-state index in [1.54, 1.807) is 30.5 Å². The third-order valence-electron chi connectivity index (χ3n) is 5.11. The van der Waals surface area contributed by atoms with E-state index in [0.717, 1.165) is 5.76 Å². The molecule has 2 aromatic rings. The van der Waals surface area contributed by atoms with E-state index < -0.39 is 10.0 Å². The number of piperidine rings is 1. The Kier molecular flexibility index (Phi) is 4.51. The Morgan fingerprint density at radius 3 is 2.67 bits per heavy atom. The van der Waals surface area contributed by atoms with E-state index in [9.17, 15) is 13.2 Å². The minimum absolute atomic E-state index is 0.0000626. The predicted molar refractivity (Wildman–Crippen MR) is 99.7 cm³/mol. The summed E-state index contributed by atoms with van der Waals surface area (Å²) in [5, 5.41) is 2.99. The van der Waals surface area contributed by atoms with Crippen molar-refractivity contribution in [1.82, 2.24) is 10.2 Å². The Bertz CT molecular complexity index is 974. The molecule has 2 aliphatic heterocycles. The van der Waals surface area contributed by atoms with Crippen molar-refractivity contribution in [2.24, 2.45) is 10.3 Å². The van der Waals surface area contributed by atoms with Crippen molar-refractivity contribution < 1.29 is 17.6 Å². The SMILES string of the molecule is CC(NC(=O)C1CCN(C2=NS(=O)(=O)c3ccccc32)CC1)c1ccco1. The number of carbonyl (C=O) groups is 1. The first kappa shape index (κ1) is 17.8. The fraction of sp³-hybridized carbons (Fsp3) is 0.368. The minimum atomic E-state index is -3.62. The van der Waals surface area contributed by atoms with Gasteiger partial charge in [0.1, 0.15) is 10.7 Å². The van der Waals surface area contributed by atoms with Gasteiger partial charge < -0.3 is 14.6 Å². The number of hydrogen-bond acceptors (Lipinski definition) is 5. The molecule has 2 aliphatic rings. The molecule has 4 rings (SSSR count). The highest BCUT2D eigenvalue weighted by molar-refractivity contribution is 7.90. The molecule has 0 aliphatic carbocycles. The summed E-state index contributed by atoms with van der Waals surface area (Å²) in [4.78, 5) is 14.8. The standard InChI is InChI=1S/C19H21N3O4S/c1-13(16-6-4-12-26-16)20-19(23)14-8-10-22(11-9-14)18-15-5-2-3-7-17(15)27(24,25)21-18/h2-7,12-14H,8-11H2,1H3,(H,20,23). The number of likely N-dealkylation sites (tertiary alicyclic amines) is 1. The Balaban J connectivity index is 1.40. The molecule has 1 aromatic carbocycles. The molecule has 1 N–H and O–H groups in total. The normalized spacial score (nSPS) is 20.0. The number of nitrogens with one attached hydrogen (secondary N) is 1. The zero-order chi connectivity index (χ0) is 19.0. The van der Waals surface area contributed by atoms with Crippen LogP contribution in [0.4, 0.5) is 0 Å². The summed E-state index contributed by atoms with van der Waals surface area (Å²) in [7, 11) is -3.62. The molecular formula is C19H21N3O4S. The average molecular weight is 387 g/mol. The van der Waals surface area contributed by atoms with E-state index >= 15 is 0 Å². The van der Waals surface area contributed by atoms with E-state index in [2.05, 4.69) is 9.71 Å². The molecule has 7 nitrogen and oxygen atoms in total. The summed E-state index contributed by atoms with van der Waals surface area (Å²) in [6.07, 6.45) is 2.89. The highest BCUT2D eigenvalue weighted by atomic mass is 32.2. The van der Waals surface area contributed by atoms with Gasteiger partial charge in [0.05, 0.1) is 12.3 Å². The zero-order valence-corrected chi connectivity index (χ0v) is 15.8. The van der Waals surface area contributed by atoms with Crippen LogP contribution in [-0.2, 0) is 14.8 Å². The van der Waals surface area contributed by atoms with Crippen molar-refractivity contribution in [3.8, 4) is 0 Å². The van der Waals surface area contributed by atoms with Crippen LogP contribution in [-0.4, -0.2) is 38.2 Å². The van der Waals surface area contributed by atoms with Crippen molar-refractivity contribution >= 4 is 21.8 Å². The van der Waals surface area contributed by atoms with E-state index in [1.807, 2.05) is 24.0 Å². The lowest BCUT2D eigenvalue weighted by atomic mass is 9.95. The molecule has 3 heterocycles. The second-order valence-electron chi connectivity index (χ2n) is 6.89. The number of benzene rings is 1. The zero-order valence-electron chi connectivity index (χ0n) is 15.0. The Labute approximate surface area is 158 Å². The lowest BCUT2D eigenvalue weighted by Crippen LogP contribution is -2.43. The first-order valence-corrected chi connectivity index (χ1v) is 10.4. The fourth-order valence-corrected chi connectivity index (χ4v) is 4.84. The van der Waals surface area contributed by atoms with Crippen LogP contribution >= 0.6 is 0 Å². The molecule has 8 heteroatoms. The number of amides is 1. The maximum Gasteiger partial charge on any atom is 0.285 e. The van der Waals surface area contributed by atoms with Crippen LogP contribution in [0, 0.1) is 5.92 Å². The van der Waals surface area contributed by atoms with Gasteiger partial charge in [-0.05, 0) is 44.0 Å². The third-order valence-corrected chi connectivity index (χ3v) is 6.43. The number of rotatable bonds is 3. The average Bonchev–Trinajstić information content (AvgIpc) is 3.29. The topological polar surface area (TPSA) is 92.0 Å². The number of carbonyl (C=O) groups excluding carboxylic acids is 1. The predicted octanol–water partition coefficient (Wildman–Crippen LogP) is 2.32. The van der Waals surface area contributed by atoms with Crippen LogP contribution < -0.4 is 5.32 Å². The molecule has 0 spiro atoms. The first-order chi connectivity index (χ1) is 13.0. The van der Waals surface area contributed by atoms with Crippen LogP contribution in [0.25, 0.3) is 0 Å². The van der Waals surface area contributed by atoms with Gasteiger partial charge in [0.15, 0.2) is 5.84 Å². The Morgan fingerprint density at radius 1 is 1.22 bits per heavy atom. The summed E-state index contributed by atoms with van der Waals surface area (Å²) >= 11 is 0. The van der Waals surface area contributed by atoms with Gasteiger partial charge in [0, 0.05) is 24.6 Å². The quantitative estimate of drug-likeness (QED) is 0.873. The third kappa shape index (κ3) is 3.37. The molecular weight excluding hydrogens is 366 g/mol. The second kappa shape index (κ2) is 6.84. The maximum atomic E-state index is 12.5. The smallest absolute Gasteiger partial charge is 0.285 e. The van der Waals surface area contributed by atoms with Gasteiger partial charge >= 0.3 is 0 Å². The molecule has 0 bridgehead atoms. The first-order valence-electron chi connectivity index (χ1n) is 8.99. The molecule has 1 unspecified atom stereocenters. The van der Waals surface area contributed by atoms with Gasteiger partial charge in [-0.25, -0.2) is 0 Å². The van der Waals surface area contributed by atoms with Gasteiger partial charge in [-0.3, -0.25) is 4.79 Å². The number of hydrogen-bond donors (Lipinski definition) is 1. The monoisotopic (exact) mass is 387 g/mol. The summed E-state index contributed by atoms with van der Waals surface area (Å²) < 4.78 is 33.7. The van der Waals surface area contributed by atoms with Gasteiger partial charge in [-0.15, -0.1) is 4.40 Å². The lowest BCUT2D eigenvalue weighted by Gasteiger charge is -2.33. The molecule has 0 radical (unpaired) electrons. The summed E-state index contributed by atoms with van der Waals surface area (Å²) in [5.74, 6) is 1.11. The number of amidine groups is 1. The van der Waals surface area contributed by atoms with Crippen molar-refractivity contribution in [1.29, 1.82) is 0 Å². The van der Waals surface area contributed by atoms with Gasteiger partial charge in [-0.2, -0.15) is 8.42 Å². The van der Waals surface area contributed by atoms with Crippen molar-refractivity contribution in [3.63, 3.8) is 0 Å². The van der Waals surface area contributed by atoms with Crippen LogP contribution in [0.5, 0.6) is 0 Å². The van der Waals surface area contributed by atoms with Gasteiger partial charge in [-0.1, -0.05) is 12.1 Å². The van der Waals surface area contributed by atoms with Crippen LogP contribution in [0.3, 0.4) is 0 Å². The molecule has 1 atom stereocenters. The van der Waals surface area contributed by atoms with Crippen molar-refractivity contribution in [2.45, 2.75) is 30.7 Å². The highest BCUT2D eigenvalue weighted by Crippen LogP contribution is 2.29. The van der Waals surface area contributed by atoms with Crippen molar-refractivity contribution in [2.75, 3.05) is 13.1 Å². The lowest BCUT2D eigenvalue weighted by molar-refractivity contribution is -0.126. The van der Waals surface area contributed by atoms with Crippen LogP contribution in [0.1, 0.15) is 37.1 Å². The number of sulfonamides is 1. The van der Waals surface area contributed by atoms with Gasteiger partial charge in [0.25, 0.3) is 10.0 Å². The summed E-state index contributed by atoms with van der Waals surface area (Å²) in [5.41, 5.74) is 0.645. The summed E-state index contributed by atoms with van der Waals surface area (Å²) in [6, 6.07) is 10.3. The minimum Gasteiger partial charge on any atom is -0.467 e. The highest BCUT2D eigenvalue weighted by Gasteiger charge is 2.34. The van der Waals surface area contributed by atoms with E-state index in [4.69, 9.17) is 4.42 Å². The van der Waals surface area contributed by atoms with Crippen LogP contribution in [0.15, 0.2) is 56.4 Å². The molecule has 1 amide bonds. The molecule has 0 saturated carbocycles. The van der Waals surface area contributed by atoms with E-state index in [1.165, 1.54) is 0 Å². The molecule has 1 saturated heterocycles. The van der Waals surface area contributed by atoms with Gasteiger partial charge in [0.2, 0.25) is 5.91 Å². The number of fused-ring (bicyclic) bond motifs is 1. The Hall–Kier alpha value is -2.61. The molecule has 142 valence electrons. The Morgan fingerprint density at radius 2 is 1.96 bits per heavy atom. The number of nitrogens with zero attached hydrogens (tertiary/aromatic N) is 2. The molecule has 1 aromatic heterocycles. The summed E-state index contributed by atoms with van der Waals surface area (Å²) in [6.45, 7) is 3.08. The van der Waals surface area contributed by atoms with E-state index in [-0.39, 0.29) is 22.8 Å². The fourth-order valence-electron chi connectivity index (χ4n) is 3.61. The van der Waals surface area contributed by atoms with Crippen molar-refractivity contribution in [3.05, 3.63) is 54.0 Å². The number of furan rings is 1. The van der Waals surface area contributed by atoms with E-state index in [0.29, 0.717) is 37.3 Å². The largest absolute Gasteiger partial charge is 0.467 e.